The van der Waals surface area contributed by atoms with E-state index in [9.17, 15) is 23.3 Å². The molecule has 1 aromatic heterocycles. The van der Waals surface area contributed by atoms with Gasteiger partial charge in [0.05, 0.1) is 4.92 Å². The smallest absolute Gasteiger partial charge is 0.355 e. The molecule has 1 aliphatic rings. The molecule has 7 nitrogen and oxygen atoms in total. The van der Waals surface area contributed by atoms with Gasteiger partial charge in [0.15, 0.2) is 0 Å². The second-order valence-corrected chi connectivity index (χ2v) is 6.47. The monoisotopic (exact) mass is 381 g/mol. The summed E-state index contributed by atoms with van der Waals surface area (Å²) in [5.41, 5.74) is 0.0346. The van der Waals surface area contributed by atoms with Crippen molar-refractivity contribution in [2.75, 3.05) is 25.0 Å². The minimum Gasteiger partial charge on any atom is -0.355 e. The normalized spacial score (nSPS) is 17.9. The number of hydrogen-bond acceptors (Lipinski definition) is 6. The van der Waals surface area contributed by atoms with E-state index in [4.69, 9.17) is 0 Å². The fourth-order valence-electron chi connectivity index (χ4n) is 3.14. The van der Waals surface area contributed by atoms with Crippen molar-refractivity contribution in [2.24, 2.45) is 0 Å². The number of likely N-dealkylation sites (N-methyl/N-ethyl adjacent to an activating group) is 1. The van der Waals surface area contributed by atoms with Crippen molar-refractivity contribution in [1.82, 2.24) is 14.9 Å². The van der Waals surface area contributed by atoms with E-state index < -0.39 is 16.8 Å². The molecule has 0 N–H and O–H groups in total. The quantitative estimate of drug-likeness (QED) is 0.585. The van der Waals surface area contributed by atoms with Crippen LogP contribution in [-0.4, -0.2) is 46.0 Å². The van der Waals surface area contributed by atoms with E-state index in [1.807, 2.05) is 0 Å². The van der Waals surface area contributed by atoms with Gasteiger partial charge >= 0.3 is 6.18 Å². The minimum atomic E-state index is -4.50. The average molecular weight is 381 g/mol. The standard InChI is InChI=1S/C17H18F3N5O2/c1-23(16-8-15(17(18,19)20)21-11-22-16)14-6-7-24(10-14)9-12-2-4-13(5-3-12)25(26)27/h2-5,8,11,14H,6-7,9-10H2,1H3. The first-order valence-electron chi connectivity index (χ1n) is 8.32. The fourth-order valence-corrected chi connectivity index (χ4v) is 3.14. The summed E-state index contributed by atoms with van der Waals surface area (Å²) in [6, 6.07) is 7.35. The van der Waals surface area contributed by atoms with Crippen LogP contribution in [0, 0.1) is 10.1 Å². The Labute approximate surface area is 153 Å². The molecule has 0 radical (unpaired) electrons. The number of rotatable bonds is 5. The zero-order chi connectivity index (χ0) is 19.6. The molecule has 2 aromatic rings. The molecule has 10 heteroatoms. The average Bonchev–Trinajstić information content (AvgIpc) is 3.09. The summed E-state index contributed by atoms with van der Waals surface area (Å²) in [6.07, 6.45) is -2.79. The van der Waals surface area contributed by atoms with Gasteiger partial charge in [-0.1, -0.05) is 12.1 Å². The van der Waals surface area contributed by atoms with Crippen molar-refractivity contribution in [2.45, 2.75) is 25.2 Å². The molecule has 1 aliphatic heterocycles. The first-order chi connectivity index (χ1) is 12.7. The highest BCUT2D eigenvalue weighted by Crippen LogP contribution is 2.30. The maximum Gasteiger partial charge on any atom is 0.433 e. The number of benzene rings is 1. The molecule has 2 heterocycles. The Morgan fingerprint density at radius 1 is 1.30 bits per heavy atom. The van der Waals surface area contributed by atoms with Crippen molar-refractivity contribution in [3.63, 3.8) is 0 Å². The molecule has 1 unspecified atom stereocenters. The first kappa shape index (κ1) is 19.0. The van der Waals surface area contributed by atoms with Crippen LogP contribution in [0.2, 0.25) is 0 Å². The van der Waals surface area contributed by atoms with Crippen LogP contribution in [0.1, 0.15) is 17.7 Å². The van der Waals surface area contributed by atoms with Gasteiger partial charge in [-0.25, -0.2) is 9.97 Å². The SMILES string of the molecule is CN(c1cc(C(F)(F)F)ncn1)C1CCN(Cc2ccc([N+](=O)[O-])cc2)C1. The zero-order valence-electron chi connectivity index (χ0n) is 14.6. The molecule has 1 fully saturated rings. The molecule has 144 valence electrons. The maximum absolute atomic E-state index is 12.8. The molecule has 0 saturated carbocycles. The molecule has 0 amide bonds. The van der Waals surface area contributed by atoms with Gasteiger partial charge in [0, 0.05) is 50.9 Å². The van der Waals surface area contributed by atoms with Crippen molar-refractivity contribution >= 4 is 11.5 Å². The van der Waals surface area contributed by atoms with Crippen LogP contribution >= 0.6 is 0 Å². The third-order valence-electron chi connectivity index (χ3n) is 4.65. The second kappa shape index (κ2) is 7.47. The highest BCUT2D eigenvalue weighted by molar-refractivity contribution is 5.40. The van der Waals surface area contributed by atoms with E-state index in [-0.39, 0.29) is 17.5 Å². The molecule has 1 aromatic carbocycles. The van der Waals surface area contributed by atoms with E-state index >= 15 is 0 Å². The van der Waals surface area contributed by atoms with Crippen molar-refractivity contribution in [3.05, 3.63) is 58.0 Å². The Morgan fingerprint density at radius 3 is 2.63 bits per heavy atom. The van der Waals surface area contributed by atoms with Gasteiger partial charge < -0.3 is 4.90 Å². The maximum atomic E-state index is 12.8. The van der Waals surface area contributed by atoms with Gasteiger partial charge in [0.1, 0.15) is 17.8 Å². The molecule has 1 atom stereocenters. The van der Waals surface area contributed by atoms with E-state index in [1.165, 1.54) is 12.1 Å². The Hall–Kier alpha value is -2.75. The van der Waals surface area contributed by atoms with Crippen LogP contribution in [-0.2, 0) is 12.7 Å². The molecular formula is C17H18F3N5O2. The number of nitro benzene ring substituents is 1. The summed E-state index contributed by atoms with van der Waals surface area (Å²) in [5.74, 6) is 0.236. The molecule has 1 saturated heterocycles. The molecular weight excluding hydrogens is 363 g/mol. The number of aromatic nitrogens is 2. The topological polar surface area (TPSA) is 75.4 Å². The predicted octanol–water partition coefficient (Wildman–Crippen LogP) is 3.11. The van der Waals surface area contributed by atoms with Crippen LogP contribution in [0.25, 0.3) is 0 Å². The summed E-state index contributed by atoms with van der Waals surface area (Å²) < 4.78 is 38.5. The molecule has 0 spiro atoms. The van der Waals surface area contributed by atoms with Gasteiger partial charge in [-0.05, 0) is 12.0 Å². The van der Waals surface area contributed by atoms with Crippen molar-refractivity contribution in [3.8, 4) is 0 Å². The number of alkyl halides is 3. The van der Waals surface area contributed by atoms with Crippen molar-refractivity contribution < 1.29 is 18.1 Å². The largest absolute Gasteiger partial charge is 0.433 e. The minimum absolute atomic E-state index is 0.0269. The number of halogens is 3. The Bertz CT molecular complexity index is 813. The van der Waals surface area contributed by atoms with Gasteiger partial charge in [-0.15, -0.1) is 0 Å². The summed E-state index contributed by atoms with van der Waals surface area (Å²) in [4.78, 5) is 21.4. The lowest BCUT2D eigenvalue weighted by Crippen LogP contribution is -2.35. The van der Waals surface area contributed by atoms with Gasteiger partial charge in [-0.2, -0.15) is 13.2 Å². The van der Waals surface area contributed by atoms with Crippen LogP contribution in [0.15, 0.2) is 36.7 Å². The van der Waals surface area contributed by atoms with Gasteiger partial charge in [0.25, 0.3) is 5.69 Å². The van der Waals surface area contributed by atoms with E-state index in [0.29, 0.717) is 13.1 Å². The van der Waals surface area contributed by atoms with E-state index in [1.54, 1.807) is 24.1 Å². The Balaban J connectivity index is 1.62. The van der Waals surface area contributed by atoms with Gasteiger partial charge in [-0.3, -0.25) is 15.0 Å². The summed E-state index contributed by atoms with van der Waals surface area (Å²) in [7, 11) is 1.72. The van der Waals surface area contributed by atoms with Crippen LogP contribution in [0.4, 0.5) is 24.7 Å². The molecule has 3 rings (SSSR count). The summed E-state index contributed by atoms with van der Waals surface area (Å²) in [6.45, 7) is 2.07. The summed E-state index contributed by atoms with van der Waals surface area (Å²) in [5, 5.41) is 10.7. The second-order valence-electron chi connectivity index (χ2n) is 6.47. The molecule has 0 bridgehead atoms. The highest BCUT2D eigenvalue weighted by Gasteiger charge is 2.34. The Morgan fingerprint density at radius 2 is 2.00 bits per heavy atom. The van der Waals surface area contributed by atoms with E-state index in [2.05, 4.69) is 14.9 Å². The number of nitro groups is 1. The van der Waals surface area contributed by atoms with Crippen LogP contribution in [0.3, 0.4) is 0 Å². The molecule has 0 aliphatic carbocycles. The lowest BCUT2D eigenvalue weighted by atomic mass is 10.2. The zero-order valence-corrected chi connectivity index (χ0v) is 14.6. The number of likely N-dealkylation sites (tertiary alicyclic amines) is 1. The lowest BCUT2D eigenvalue weighted by Gasteiger charge is -2.26. The number of hydrogen-bond donors (Lipinski definition) is 0. The fraction of sp³-hybridized carbons (Fsp3) is 0.412. The van der Waals surface area contributed by atoms with E-state index in [0.717, 1.165) is 30.9 Å². The van der Waals surface area contributed by atoms with Crippen molar-refractivity contribution in [1.29, 1.82) is 0 Å². The number of anilines is 1. The Kier molecular flexibility index (Phi) is 5.26. The molecule has 27 heavy (non-hydrogen) atoms. The first-order valence-corrected chi connectivity index (χ1v) is 8.32. The lowest BCUT2D eigenvalue weighted by molar-refractivity contribution is -0.384. The van der Waals surface area contributed by atoms with Crippen LogP contribution in [0.5, 0.6) is 0 Å². The highest BCUT2D eigenvalue weighted by atomic mass is 19.4. The third-order valence-corrected chi connectivity index (χ3v) is 4.65. The third kappa shape index (κ3) is 4.51. The van der Waals surface area contributed by atoms with Gasteiger partial charge in [0.2, 0.25) is 0 Å². The predicted molar refractivity (Wildman–Crippen MR) is 92.2 cm³/mol. The number of non-ortho nitro benzene ring substituents is 1. The number of nitrogens with zero attached hydrogens (tertiary/aromatic N) is 5. The summed E-state index contributed by atoms with van der Waals surface area (Å²) >= 11 is 0. The van der Waals surface area contributed by atoms with Crippen LogP contribution < -0.4 is 4.90 Å².